The van der Waals surface area contributed by atoms with E-state index in [4.69, 9.17) is 15.3 Å². The summed E-state index contributed by atoms with van der Waals surface area (Å²) in [6.07, 6.45) is 1.83. The van der Waals surface area contributed by atoms with Crippen molar-refractivity contribution in [1.29, 1.82) is 0 Å². The van der Waals surface area contributed by atoms with E-state index in [-0.39, 0.29) is 41.9 Å². The van der Waals surface area contributed by atoms with Crippen molar-refractivity contribution in [1.82, 2.24) is 14.6 Å². The van der Waals surface area contributed by atoms with E-state index in [1.165, 1.54) is 42.1 Å². The van der Waals surface area contributed by atoms with Crippen molar-refractivity contribution in [3.05, 3.63) is 65.1 Å². The molecule has 0 aliphatic heterocycles. The number of ether oxygens (including phenoxy) is 1. The predicted octanol–water partition coefficient (Wildman–Crippen LogP) is 3.54. The van der Waals surface area contributed by atoms with Crippen LogP contribution in [0.2, 0.25) is 0 Å². The maximum absolute atomic E-state index is 14.6. The molecule has 0 aliphatic carbocycles. The lowest BCUT2D eigenvalue weighted by atomic mass is 10.0. The highest BCUT2D eigenvalue weighted by Gasteiger charge is 2.22. The largest absolute Gasteiger partial charge is 0.494 e. The van der Waals surface area contributed by atoms with Crippen LogP contribution in [0.15, 0.2) is 36.5 Å². The standard InChI is InChI=1S/C25H29F2N5O4/c1-5-15-13-16(7-8-17(15)25(34)32(6-2)36-12-11-28)30-24(33)23-29-14-19(31(23)3)18-9-10-20(35-4)22(27)21(18)26/h7-10,13-14H,5-6,11-12,28H2,1-4H3,(H,30,33). The van der Waals surface area contributed by atoms with Crippen molar-refractivity contribution in [3.63, 3.8) is 0 Å². The highest BCUT2D eigenvalue weighted by molar-refractivity contribution is 6.03. The molecule has 36 heavy (non-hydrogen) atoms. The lowest BCUT2D eigenvalue weighted by Gasteiger charge is -2.21. The molecule has 0 fully saturated rings. The van der Waals surface area contributed by atoms with Gasteiger partial charge in [0, 0.05) is 37.0 Å². The smallest absolute Gasteiger partial charge is 0.291 e. The summed E-state index contributed by atoms with van der Waals surface area (Å²) in [6.45, 7) is 4.53. The Hall–Kier alpha value is -3.83. The van der Waals surface area contributed by atoms with Gasteiger partial charge in [-0.1, -0.05) is 6.92 Å². The van der Waals surface area contributed by atoms with Gasteiger partial charge in [0.05, 0.1) is 25.6 Å². The maximum Gasteiger partial charge on any atom is 0.291 e. The number of nitrogens with two attached hydrogens (primary N) is 1. The fourth-order valence-corrected chi connectivity index (χ4v) is 3.71. The molecule has 2 aromatic carbocycles. The molecule has 1 heterocycles. The maximum atomic E-state index is 14.6. The van der Waals surface area contributed by atoms with Gasteiger partial charge >= 0.3 is 0 Å². The number of methoxy groups -OCH3 is 1. The summed E-state index contributed by atoms with van der Waals surface area (Å²) in [4.78, 5) is 35.3. The van der Waals surface area contributed by atoms with E-state index in [0.29, 0.717) is 29.8 Å². The molecule has 3 rings (SSSR count). The van der Waals surface area contributed by atoms with Crippen LogP contribution in [0.3, 0.4) is 0 Å². The van der Waals surface area contributed by atoms with Gasteiger partial charge in [0.1, 0.15) is 0 Å². The fourth-order valence-electron chi connectivity index (χ4n) is 3.71. The highest BCUT2D eigenvalue weighted by atomic mass is 19.2. The van der Waals surface area contributed by atoms with E-state index in [9.17, 15) is 18.4 Å². The van der Waals surface area contributed by atoms with Crippen LogP contribution in [0.4, 0.5) is 14.5 Å². The minimum absolute atomic E-state index is 0.00818. The molecule has 3 aromatic rings. The summed E-state index contributed by atoms with van der Waals surface area (Å²) in [5.74, 6) is -3.32. The molecule has 11 heteroatoms. The number of benzene rings is 2. The Kier molecular flexibility index (Phi) is 8.73. The summed E-state index contributed by atoms with van der Waals surface area (Å²) in [6, 6.07) is 7.57. The van der Waals surface area contributed by atoms with Crippen molar-refractivity contribution in [2.45, 2.75) is 20.3 Å². The zero-order valence-electron chi connectivity index (χ0n) is 20.6. The summed E-state index contributed by atoms with van der Waals surface area (Å²) in [5, 5.41) is 3.99. The average molecular weight is 502 g/mol. The Morgan fingerprint density at radius 1 is 1.17 bits per heavy atom. The minimum atomic E-state index is -1.13. The van der Waals surface area contributed by atoms with Crippen LogP contribution < -0.4 is 15.8 Å². The molecule has 0 spiro atoms. The van der Waals surface area contributed by atoms with Crippen LogP contribution in [-0.4, -0.2) is 53.2 Å². The lowest BCUT2D eigenvalue weighted by molar-refractivity contribution is -0.117. The molecule has 0 saturated carbocycles. The normalized spacial score (nSPS) is 10.9. The molecule has 2 amide bonds. The lowest BCUT2D eigenvalue weighted by Crippen LogP contribution is -2.33. The second kappa shape index (κ2) is 11.7. The average Bonchev–Trinajstić information content (AvgIpc) is 3.26. The van der Waals surface area contributed by atoms with Gasteiger partial charge in [-0.25, -0.2) is 14.4 Å². The molecule has 0 unspecified atom stereocenters. The number of nitrogens with one attached hydrogen (secondary N) is 1. The topological polar surface area (TPSA) is 112 Å². The second-order valence-electron chi connectivity index (χ2n) is 7.77. The van der Waals surface area contributed by atoms with Crippen LogP contribution in [0.25, 0.3) is 11.3 Å². The van der Waals surface area contributed by atoms with E-state index in [1.807, 2.05) is 6.92 Å². The van der Waals surface area contributed by atoms with E-state index < -0.39 is 17.5 Å². The number of aryl methyl sites for hydroxylation is 1. The predicted molar refractivity (Wildman–Crippen MR) is 131 cm³/mol. The van der Waals surface area contributed by atoms with Crippen molar-refractivity contribution in [2.24, 2.45) is 12.8 Å². The van der Waals surface area contributed by atoms with E-state index in [1.54, 1.807) is 25.1 Å². The molecule has 0 radical (unpaired) electrons. The monoisotopic (exact) mass is 501 g/mol. The molecule has 3 N–H and O–H groups in total. The molecular formula is C25H29F2N5O4. The number of hydroxylamine groups is 2. The number of hydrogen-bond acceptors (Lipinski definition) is 6. The summed E-state index contributed by atoms with van der Waals surface area (Å²) in [5.41, 5.74) is 7.23. The third kappa shape index (κ3) is 5.37. The van der Waals surface area contributed by atoms with Crippen molar-refractivity contribution < 1.29 is 27.9 Å². The van der Waals surface area contributed by atoms with Gasteiger partial charge in [-0.3, -0.25) is 14.4 Å². The quantitative estimate of drug-likeness (QED) is 0.411. The molecule has 0 bridgehead atoms. The number of halogens is 2. The van der Waals surface area contributed by atoms with Crippen molar-refractivity contribution >= 4 is 17.5 Å². The molecule has 1 aromatic heterocycles. The van der Waals surface area contributed by atoms with E-state index >= 15 is 0 Å². The zero-order chi connectivity index (χ0) is 26.4. The Labute approximate surface area is 207 Å². The van der Waals surface area contributed by atoms with Gasteiger partial charge in [-0.05, 0) is 49.2 Å². The van der Waals surface area contributed by atoms with Crippen LogP contribution in [0.5, 0.6) is 5.75 Å². The van der Waals surface area contributed by atoms with Crippen molar-refractivity contribution in [2.75, 3.05) is 32.1 Å². The van der Waals surface area contributed by atoms with Crippen LogP contribution in [-0.2, 0) is 18.3 Å². The van der Waals surface area contributed by atoms with E-state index in [0.717, 1.165) is 0 Å². The Balaban J connectivity index is 1.84. The number of amides is 2. The van der Waals surface area contributed by atoms with Gasteiger partial charge in [-0.15, -0.1) is 0 Å². The molecule has 9 nitrogen and oxygen atoms in total. The van der Waals surface area contributed by atoms with Crippen LogP contribution >= 0.6 is 0 Å². The first-order valence-electron chi connectivity index (χ1n) is 11.4. The molecular weight excluding hydrogens is 472 g/mol. The number of anilines is 1. The number of nitrogens with zero attached hydrogens (tertiary/aromatic N) is 3. The third-order valence-electron chi connectivity index (χ3n) is 5.59. The zero-order valence-corrected chi connectivity index (χ0v) is 20.6. The number of carbonyl (C=O) groups excluding carboxylic acids is 2. The Bertz CT molecular complexity index is 1260. The highest BCUT2D eigenvalue weighted by Crippen LogP contribution is 2.30. The first-order chi connectivity index (χ1) is 17.3. The van der Waals surface area contributed by atoms with Crippen molar-refractivity contribution in [3.8, 4) is 17.0 Å². The summed E-state index contributed by atoms with van der Waals surface area (Å²) < 4.78 is 34.9. The number of rotatable bonds is 10. The van der Waals surface area contributed by atoms with Crippen LogP contribution in [0, 0.1) is 11.6 Å². The fraction of sp³-hybridized carbons (Fsp3) is 0.320. The van der Waals surface area contributed by atoms with Gasteiger partial charge in [0.2, 0.25) is 5.82 Å². The van der Waals surface area contributed by atoms with Gasteiger partial charge < -0.3 is 20.4 Å². The van der Waals surface area contributed by atoms with Crippen LogP contribution in [0.1, 0.15) is 40.4 Å². The summed E-state index contributed by atoms with van der Waals surface area (Å²) in [7, 11) is 2.77. The minimum Gasteiger partial charge on any atom is -0.494 e. The first-order valence-corrected chi connectivity index (χ1v) is 11.4. The molecule has 0 atom stereocenters. The number of carbonyl (C=O) groups is 2. The molecule has 0 aliphatic rings. The number of hydrogen-bond donors (Lipinski definition) is 2. The third-order valence-corrected chi connectivity index (χ3v) is 5.59. The number of aromatic nitrogens is 2. The van der Waals surface area contributed by atoms with Gasteiger partial charge in [0.25, 0.3) is 11.8 Å². The molecule has 0 saturated heterocycles. The number of imidazole rings is 1. The Morgan fingerprint density at radius 3 is 2.56 bits per heavy atom. The second-order valence-corrected chi connectivity index (χ2v) is 7.77. The molecule has 192 valence electrons. The Morgan fingerprint density at radius 2 is 1.92 bits per heavy atom. The van der Waals surface area contributed by atoms with E-state index in [2.05, 4.69) is 10.3 Å². The van der Waals surface area contributed by atoms with Gasteiger partial charge in [0.15, 0.2) is 17.4 Å². The summed E-state index contributed by atoms with van der Waals surface area (Å²) >= 11 is 0. The first kappa shape index (κ1) is 26.8. The van der Waals surface area contributed by atoms with Gasteiger partial charge in [-0.2, -0.15) is 4.39 Å². The SMILES string of the molecule is CCc1cc(NC(=O)c2ncc(-c3ccc(OC)c(F)c3F)n2C)ccc1C(=O)N(CC)OCCN.